The number of anilines is 1. The number of hydrogen-bond acceptors (Lipinski definition) is 4. The molecular weight excluding hydrogens is 342 g/mol. The van der Waals surface area contributed by atoms with E-state index in [9.17, 15) is 9.90 Å². The van der Waals surface area contributed by atoms with Gasteiger partial charge in [0, 0.05) is 24.3 Å². The van der Waals surface area contributed by atoms with Gasteiger partial charge in [0.15, 0.2) is 0 Å². The largest absolute Gasteiger partial charge is 0.489 e. The smallest absolute Gasteiger partial charge is 0.321 e. The number of β-amino-alcohol motifs (C(OH)–C–C–N with tert-alkyl or cyclic N) is 1. The molecule has 2 aromatic rings. The number of nitriles is 1. The number of benzene rings is 2. The van der Waals surface area contributed by atoms with Crippen molar-refractivity contribution < 1.29 is 14.6 Å². The van der Waals surface area contributed by atoms with Crippen LogP contribution in [0, 0.1) is 11.3 Å². The molecule has 2 N–H and O–H groups in total. The Morgan fingerprint density at radius 2 is 2.04 bits per heavy atom. The van der Waals surface area contributed by atoms with Crippen molar-refractivity contribution in [3.05, 3.63) is 59.7 Å². The molecule has 2 amide bonds. The number of nitrogens with one attached hydrogen (secondary N) is 1. The lowest BCUT2D eigenvalue weighted by Gasteiger charge is -2.30. The number of carbonyl (C=O) groups is 1. The van der Waals surface area contributed by atoms with Crippen LogP contribution in [0.1, 0.15) is 24.0 Å². The fourth-order valence-corrected chi connectivity index (χ4v) is 3.06. The number of rotatable bonds is 5. The van der Waals surface area contributed by atoms with Crippen LogP contribution < -0.4 is 10.1 Å². The average Bonchev–Trinajstić information content (AvgIpc) is 2.68. The van der Waals surface area contributed by atoms with Crippen LogP contribution in [-0.4, -0.2) is 35.2 Å². The van der Waals surface area contributed by atoms with Crippen LogP contribution in [0.3, 0.4) is 0 Å². The van der Waals surface area contributed by atoms with Gasteiger partial charge in [-0.15, -0.1) is 0 Å². The minimum atomic E-state index is -0.452. The molecule has 1 saturated heterocycles. The topological polar surface area (TPSA) is 85.6 Å². The lowest BCUT2D eigenvalue weighted by atomic mass is 10.1. The SMILES string of the molecule is N#CCc1ccc(OCc2ccccc2NC(=O)N2CCCC(O)C2)cc1. The highest BCUT2D eigenvalue weighted by Crippen LogP contribution is 2.20. The van der Waals surface area contributed by atoms with E-state index < -0.39 is 6.10 Å². The van der Waals surface area contributed by atoms with Gasteiger partial charge in [0.05, 0.1) is 18.6 Å². The van der Waals surface area contributed by atoms with Crippen molar-refractivity contribution in [2.24, 2.45) is 0 Å². The molecule has 6 nitrogen and oxygen atoms in total. The molecular formula is C21H23N3O3. The predicted octanol–water partition coefficient (Wildman–Crippen LogP) is 3.32. The molecule has 1 unspecified atom stereocenters. The second-order valence-corrected chi connectivity index (χ2v) is 6.60. The molecule has 0 bridgehead atoms. The quantitative estimate of drug-likeness (QED) is 0.851. The zero-order valence-corrected chi connectivity index (χ0v) is 15.1. The Bertz CT molecular complexity index is 814. The maximum Gasteiger partial charge on any atom is 0.321 e. The van der Waals surface area contributed by atoms with Gasteiger partial charge in [-0.05, 0) is 36.6 Å². The van der Waals surface area contributed by atoms with Gasteiger partial charge in [0.1, 0.15) is 12.4 Å². The maximum absolute atomic E-state index is 12.5. The van der Waals surface area contributed by atoms with Gasteiger partial charge in [0.2, 0.25) is 0 Å². The number of urea groups is 1. The summed E-state index contributed by atoms with van der Waals surface area (Å²) in [6.07, 6.45) is 1.47. The van der Waals surface area contributed by atoms with Crippen molar-refractivity contribution in [1.82, 2.24) is 4.90 Å². The minimum absolute atomic E-state index is 0.206. The number of aliphatic hydroxyl groups excluding tert-OH is 1. The summed E-state index contributed by atoms with van der Waals surface area (Å²) >= 11 is 0. The van der Waals surface area contributed by atoms with Crippen LogP contribution in [0.2, 0.25) is 0 Å². The summed E-state index contributed by atoms with van der Waals surface area (Å²) in [5.74, 6) is 0.706. The van der Waals surface area contributed by atoms with Crippen molar-refractivity contribution in [3.63, 3.8) is 0 Å². The summed E-state index contributed by atoms with van der Waals surface area (Å²) in [6, 6.07) is 16.8. The third kappa shape index (κ3) is 5.22. The maximum atomic E-state index is 12.5. The highest BCUT2D eigenvalue weighted by atomic mass is 16.5. The molecule has 0 aromatic heterocycles. The Balaban J connectivity index is 1.61. The van der Waals surface area contributed by atoms with E-state index in [1.807, 2.05) is 48.5 Å². The van der Waals surface area contributed by atoms with E-state index in [1.165, 1.54) is 0 Å². The highest BCUT2D eigenvalue weighted by molar-refractivity contribution is 5.90. The molecule has 1 heterocycles. The van der Waals surface area contributed by atoms with Gasteiger partial charge in [-0.1, -0.05) is 30.3 Å². The van der Waals surface area contributed by atoms with Gasteiger partial charge in [-0.25, -0.2) is 4.79 Å². The van der Waals surface area contributed by atoms with E-state index in [0.717, 1.165) is 24.0 Å². The molecule has 1 fully saturated rings. The van der Waals surface area contributed by atoms with Crippen LogP contribution in [-0.2, 0) is 13.0 Å². The van der Waals surface area contributed by atoms with E-state index in [4.69, 9.17) is 10.00 Å². The summed E-state index contributed by atoms with van der Waals surface area (Å²) < 4.78 is 5.82. The molecule has 1 aliphatic heterocycles. The summed E-state index contributed by atoms with van der Waals surface area (Å²) in [4.78, 5) is 14.1. The molecule has 0 saturated carbocycles. The fraction of sp³-hybridized carbons (Fsp3) is 0.333. The average molecular weight is 365 g/mol. The van der Waals surface area contributed by atoms with Crippen LogP contribution in [0.15, 0.2) is 48.5 Å². The molecule has 27 heavy (non-hydrogen) atoms. The third-order valence-corrected chi connectivity index (χ3v) is 4.54. The first-order valence-corrected chi connectivity index (χ1v) is 9.06. The molecule has 1 atom stereocenters. The molecule has 0 radical (unpaired) electrons. The lowest BCUT2D eigenvalue weighted by Crippen LogP contribution is -2.44. The third-order valence-electron chi connectivity index (χ3n) is 4.54. The summed E-state index contributed by atoms with van der Waals surface area (Å²) in [5.41, 5.74) is 2.51. The number of likely N-dealkylation sites (tertiary alicyclic amines) is 1. The Hall–Kier alpha value is -3.04. The normalized spacial score (nSPS) is 16.4. The zero-order chi connectivity index (χ0) is 19.1. The van der Waals surface area contributed by atoms with Gasteiger partial charge in [-0.2, -0.15) is 5.26 Å². The van der Waals surface area contributed by atoms with Gasteiger partial charge < -0.3 is 20.1 Å². The highest BCUT2D eigenvalue weighted by Gasteiger charge is 2.22. The first-order chi connectivity index (χ1) is 13.2. The monoisotopic (exact) mass is 365 g/mol. The Labute approximate surface area is 159 Å². The van der Waals surface area contributed by atoms with E-state index in [-0.39, 0.29) is 6.03 Å². The molecule has 140 valence electrons. The van der Waals surface area contributed by atoms with Crippen molar-refractivity contribution >= 4 is 11.7 Å². The van der Waals surface area contributed by atoms with E-state index >= 15 is 0 Å². The molecule has 3 rings (SSSR count). The van der Waals surface area contributed by atoms with Crippen molar-refractivity contribution in [2.75, 3.05) is 18.4 Å². The summed E-state index contributed by atoms with van der Waals surface area (Å²) in [7, 11) is 0. The van der Waals surface area contributed by atoms with Gasteiger partial charge >= 0.3 is 6.03 Å². The number of aliphatic hydroxyl groups is 1. The van der Waals surface area contributed by atoms with Gasteiger partial charge in [0.25, 0.3) is 0 Å². The number of ether oxygens (including phenoxy) is 1. The molecule has 0 aliphatic carbocycles. The second kappa shape index (κ2) is 9.06. The van der Waals surface area contributed by atoms with Crippen molar-refractivity contribution in [2.45, 2.75) is 32.0 Å². The van der Waals surface area contributed by atoms with Crippen molar-refractivity contribution in [3.8, 4) is 11.8 Å². The van der Waals surface area contributed by atoms with Crippen molar-refractivity contribution in [1.29, 1.82) is 5.26 Å². The van der Waals surface area contributed by atoms with Gasteiger partial charge in [-0.3, -0.25) is 0 Å². The molecule has 2 aromatic carbocycles. The van der Waals surface area contributed by atoms with Crippen LogP contribution in [0.4, 0.5) is 10.5 Å². The summed E-state index contributed by atoms with van der Waals surface area (Å²) in [5, 5.41) is 21.4. The Kier molecular flexibility index (Phi) is 6.29. The molecule has 0 spiro atoms. The standard InChI is InChI=1S/C21H23N3O3/c22-12-11-16-7-9-19(10-8-16)27-15-17-4-1-2-6-20(17)23-21(26)24-13-3-5-18(25)14-24/h1-2,4,6-10,18,25H,3,5,11,13-15H2,(H,23,26). The predicted molar refractivity (Wildman–Crippen MR) is 102 cm³/mol. The Morgan fingerprint density at radius 1 is 1.26 bits per heavy atom. The van der Waals surface area contributed by atoms with Crippen LogP contribution in [0.25, 0.3) is 0 Å². The number of para-hydroxylation sites is 1. The number of amides is 2. The minimum Gasteiger partial charge on any atom is -0.489 e. The van der Waals surface area contributed by atoms with E-state index in [1.54, 1.807) is 4.90 Å². The second-order valence-electron chi connectivity index (χ2n) is 6.60. The van der Waals surface area contributed by atoms with E-state index in [2.05, 4.69) is 11.4 Å². The first kappa shape index (κ1) is 18.7. The number of carbonyl (C=O) groups excluding carboxylic acids is 1. The number of nitrogens with zero attached hydrogens (tertiary/aromatic N) is 2. The van der Waals surface area contributed by atoms with Crippen LogP contribution >= 0.6 is 0 Å². The molecule has 6 heteroatoms. The summed E-state index contributed by atoms with van der Waals surface area (Å²) in [6.45, 7) is 1.33. The van der Waals surface area contributed by atoms with E-state index in [0.29, 0.717) is 37.6 Å². The molecule has 1 aliphatic rings. The number of piperidine rings is 1. The fourth-order valence-electron chi connectivity index (χ4n) is 3.06. The number of hydrogen-bond donors (Lipinski definition) is 2. The van der Waals surface area contributed by atoms with Crippen LogP contribution in [0.5, 0.6) is 5.75 Å². The zero-order valence-electron chi connectivity index (χ0n) is 15.1. The lowest BCUT2D eigenvalue weighted by molar-refractivity contribution is 0.0883. The first-order valence-electron chi connectivity index (χ1n) is 9.06. The Morgan fingerprint density at radius 3 is 2.78 bits per heavy atom.